The van der Waals surface area contributed by atoms with Crippen LogP contribution in [0.4, 0.5) is 0 Å². The minimum absolute atomic E-state index is 0.127. The van der Waals surface area contributed by atoms with E-state index in [1.54, 1.807) is 29.2 Å². The predicted molar refractivity (Wildman–Crippen MR) is 97.0 cm³/mol. The molecule has 0 aliphatic carbocycles. The predicted octanol–water partition coefficient (Wildman–Crippen LogP) is 0.726. The quantitative estimate of drug-likeness (QED) is 0.662. The summed E-state index contributed by atoms with van der Waals surface area (Å²) in [4.78, 5) is 46.8. The van der Waals surface area contributed by atoms with Gasteiger partial charge in [-0.25, -0.2) is 9.36 Å². The first-order valence-corrected chi connectivity index (χ1v) is 8.77. The number of aliphatic hydroxyl groups is 1. The Balaban J connectivity index is 1.81. The summed E-state index contributed by atoms with van der Waals surface area (Å²) in [6.07, 6.45) is 3.32. The first kappa shape index (κ1) is 16.0. The molecule has 2 atom stereocenters. The fourth-order valence-corrected chi connectivity index (χ4v) is 4.19. The Bertz CT molecular complexity index is 1210. The van der Waals surface area contributed by atoms with E-state index in [4.69, 9.17) is 0 Å². The third-order valence-corrected chi connectivity index (χ3v) is 5.42. The van der Waals surface area contributed by atoms with Gasteiger partial charge in [0.25, 0.3) is 11.5 Å². The first-order chi connectivity index (χ1) is 13.1. The van der Waals surface area contributed by atoms with E-state index in [9.17, 15) is 19.5 Å². The van der Waals surface area contributed by atoms with Crippen molar-refractivity contribution in [3.05, 3.63) is 68.6 Å². The van der Waals surface area contributed by atoms with E-state index < -0.39 is 17.4 Å². The minimum atomic E-state index is -0.587. The van der Waals surface area contributed by atoms with E-state index in [1.165, 1.54) is 12.4 Å². The van der Waals surface area contributed by atoms with Crippen LogP contribution in [-0.2, 0) is 0 Å². The highest BCUT2D eigenvalue weighted by Crippen LogP contribution is 2.42. The third-order valence-electron chi connectivity index (χ3n) is 5.42. The van der Waals surface area contributed by atoms with E-state index in [-0.39, 0.29) is 11.9 Å². The topological polar surface area (TPSA) is 108 Å². The molecule has 1 amide bonds. The Labute approximate surface area is 152 Å². The van der Waals surface area contributed by atoms with Gasteiger partial charge in [-0.15, -0.1) is 0 Å². The number of aliphatic hydroxyl groups excluding tert-OH is 1. The number of aromatic nitrogens is 3. The molecule has 2 aromatic heterocycles. The van der Waals surface area contributed by atoms with E-state index in [2.05, 4.69) is 9.97 Å². The van der Waals surface area contributed by atoms with Crippen LogP contribution >= 0.6 is 0 Å². The van der Waals surface area contributed by atoms with E-state index in [0.717, 1.165) is 4.57 Å². The van der Waals surface area contributed by atoms with Crippen LogP contribution in [0.5, 0.6) is 0 Å². The van der Waals surface area contributed by atoms with Gasteiger partial charge in [-0.2, -0.15) is 0 Å². The van der Waals surface area contributed by atoms with E-state index in [0.29, 0.717) is 47.1 Å². The number of hydrogen-bond acceptors (Lipinski definition) is 5. The zero-order valence-corrected chi connectivity index (χ0v) is 14.3. The lowest BCUT2D eigenvalue weighted by Crippen LogP contribution is -2.38. The number of H-pyrrole nitrogens is 1. The van der Waals surface area contributed by atoms with Crippen molar-refractivity contribution in [2.75, 3.05) is 6.54 Å². The molecule has 2 unspecified atom stereocenters. The number of aromatic amines is 1. The van der Waals surface area contributed by atoms with Crippen molar-refractivity contribution in [2.24, 2.45) is 0 Å². The first-order valence-electron chi connectivity index (χ1n) is 8.77. The van der Waals surface area contributed by atoms with Gasteiger partial charge >= 0.3 is 5.69 Å². The summed E-state index contributed by atoms with van der Waals surface area (Å²) in [5.74, 6) is -0.127. The molecule has 0 spiro atoms. The number of nitrogens with one attached hydrogen (secondary N) is 1. The number of benzene rings is 1. The molecule has 4 heterocycles. The van der Waals surface area contributed by atoms with Gasteiger partial charge in [0.2, 0.25) is 0 Å². The van der Waals surface area contributed by atoms with Crippen LogP contribution in [0.1, 0.15) is 34.8 Å². The number of hydrogen-bond donors (Lipinski definition) is 2. The molecule has 0 bridgehead atoms. The molecule has 3 aromatic rings. The lowest BCUT2D eigenvalue weighted by molar-refractivity contribution is 0.0390. The fourth-order valence-electron chi connectivity index (χ4n) is 4.19. The van der Waals surface area contributed by atoms with E-state index >= 15 is 0 Å². The van der Waals surface area contributed by atoms with Gasteiger partial charge in [0, 0.05) is 23.9 Å². The Morgan fingerprint density at radius 2 is 2.04 bits per heavy atom. The zero-order valence-electron chi connectivity index (χ0n) is 14.3. The summed E-state index contributed by atoms with van der Waals surface area (Å²) in [5.41, 5.74) is 0.799. The fraction of sp³-hybridized carbons (Fsp3) is 0.263. The minimum Gasteiger partial charge on any atom is -0.393 e. The third kappa shape index (κ3) is 2.20. The molecule has 0 radical (unpaired) electrons. The summed E-state index contributed by atoms with van der Waals surface area (Å²) in [6, 6.07) is 6.25. The van der Waals surface area contributed by atoms with Gasteiger partial charge in [-0.05, 0) is 31.0 Å². The Morgan fingerprint density at radius 3 is 2.89 bits per heavy atom. The summed E-state index contributed by atoms with van der Waals surface area (Å²) in [6.45, 7) is 0.452. The van der Waals surface area contributed by atoms with Crippen LogP contribution in [-0.4, -0.2) is 43.1 Å². The molecule has 2 N–H and O–H groups in total. The summed E-state index contributed by atoms with van der Waals surface area (Å²) >= 11 is 0. The van der Waals surface area contributed by atoms with Gasteiger partial charge in [0.05, 0.1) is 34.9 Å². The summed E-state index contributed by atoms with van der Waals surface area (Å²) < 4.78 is 1.07. The van der Waals surface area contributed by atoms with Crippen LogP contribution in [0.2, 0.25) is 0 Å². The van der Waals surface area contributed by atoms with Crippen molar-refractivity contribution in [3.8, 4) is 5.69 Å². The monoisotopic (exact) mass is 364 g/mol. The normalized spacial score (nSPS) is 21.4. The number of pyridine rings is 1. The highest BCUT2D eigenvalue weighted by molar-refractivity contribution is 6.00. The van der Waals surface area contributed by atoms with Crippen molar-refractivity contribution < 1.29 is 9.90 Å². The second kappa shape index (κ2) is 5.62. The van der Waals surface area contributed by atoms with Gasteiger partial charge in [0.1, 0.15) is 0 Å². The van der Waals surface area contributed by atoms with Crippen LogP contribution in [0.15, 0.2) is 46.2 Å². The number of carbonyl (C=O) groups is 1. The van der Waals surface area contributed by atoms with Crippen LogP contribution in [0.3, 0.4) is 0 Å². The average Bonchev–Trinajstić information content (AvgIpc) is 2.94. The molecule has 2 aliphatic heterocycles. The van der Waals surface area contributed by atoms with E-state index in [1.807, 2.05) is 0 Å². The Morgan fingerprint density at radius 1 is 1.19 bits per heavy atom. The maximum absolute atomic E-state index is 13.0. The highest BCUT2D eigenvalue weighted by atomic mass is 16.3. The SMILES string of the molecule is O=C1c2cccc(-n3c(=O)[nH]c4cnccc4c3=O)c2C2CC(O)CCN12. The molecular weight excluding hydrogens is 348 g/mol. The largest absolute Gasteiger partial charge is 0.393 e. The maximum Gasteiger partial charge on any atom is 0.333 e. The summed E-state index contributed by atoms with van der Waals surface area (Å²) in [7, 11) is 0. The molecule has 5 rings (SSSR count). The number of rotatable bonds is 1. The second-order valence-corrected chi connectivity index (χ2v) is 6.92. The summed E-state index contributed by atoms with van der Waals surface area (Å²) in [5, 5.41) is 10.4. The van der Waals surface area contributed by atoms with Crippen LogP contribution < -0.4 is 11.2 Å². The molecule has 136 valence electrons. The lowest BCUT2D eigenvalue weighted by atomic mass is 9.94. The van der Waals surface area contributed by atoms with Gasteiger partial charge in [-0.3, -0.25) is 14.6 Å². The van der Waals surface area contributed by atoms with Crippen molar-refractivity contribution in [3.63, 3.8) is 0 Å². The van der Waals surface area contributed by atoms with Gasteiger partial charge in [-0.1, -0.05) is 6.07 Å². The van der Waals surface area contributed by atoms with Crippen molar-refractivity contribution >= 4 is 16.8 Å². The van der Waals surface area contributed by atoms with Crippen LogP contribution in [0, 0.1) is 0 Å². The number of amides is 1. The number of fused-ring (bicyclic) bond motifs is 4. The molecule has 0 saturated carbocycles. The van der Waals surface area contributed by atoms with Crippen molar-refractivity contribution in [2.45, 2.75) is 25.0 Å². The molecular formula is C19H16N4O4. The zero-order chi connectivity index (χ0) is 18.7. The van der Waals surface area contributed by atoms with Crippen molar-refractivity contribution in [1.82, 2.24) is 19.4 Å². The van der Waals surface area contributed by atoms with Gasteiger partial charge in [0.15, 0.2) is 0 Å². The van der Waals surface area contributed by atoms with Crippen LogP contribution in [0.25, 0.3) is 16.6 Å². The Hall–Kier alpha value is -3.26. The number of nitrogens with zero attached hydrogens (tertiary/aromatic N) is 3. The van der Waals surface area contributed by atoms with Gasteiger partial charge < -0.3 is 15.0 Å². The maximum atomic E-state index is 13.0. The Kier molecular flexibility index (Phi) is 3.32. The lowest BCUT2D eigenvalue weighted by Gasteiger charge is -2.33. The molecule has 27 heavy (non-hydrogen) atoms. The molecule has 1 saturated heterocycles. The standard InChI is InChI=1S/C19H16N4O4/c24-10-5-7-22-15(8-10)16-12(17(22)25)2-1-3-14(16)23-18(26)11-4-6-20-9-13(11)21-19(23)27/h1-4,6,9-10,15,24H,5,7-8H2,(H,21,27). The highest BCUT2D eigenvalue weighted by Gasteiger charge is 2.42. The molecule has 1 fully saturated rings. The molecule has 1 aromatic carbocycles. The smallest absolute Gasteiger partial charge is 0.333 e. The molecule has 8 nitrogen and oxygen atoms in total. The average molecular weight is 364 g/mol. The molecule has 2 aliphatic rings. The number of piperidine rings is 1. The number of carbonyl (C=O) groups excluding carboxylic acids is 1. The second-order valence-electron chi connectivity index (χ2n) is 6.92. The van der Waals surface area contributed by atoms with Crippen molar-refractivity contribution in [1.29, 1.82) is 0 Å². The molecule has 8 heteroatoms.